The summed E-state index contributed by atoms with van der Waals surface area (Å²) >= 11 is 0. The van der Waals surface area contributed by atoms with Crippen molar-refractivity contribution in [2.24, 2.45) is 0 Å². The number of aromatic nitrogens is 4. The minimum Gasteiger partial charge on any atom is -0.309 e. The van der Waals surface area contributed by atoms with Crippen LogP contribution in [-0.4, -0.2) is 19.1 Å². The average Bonchev–Trinajstić information content (AvgIpc) is 3.79. The summed E-state index contributed by atoms with van der Waals surface area (Å²) in [6.45, 7) is 6.43. The van der Waals surface area contributed by atoms with Crippen LogP contribution in [0.15, 0.2) is 188 Å². The topological polar surface area (TPSA) is 35.6 Å². The molecule has 0 aliphatic rings. The summed E-state index contributed by atoms with van der Waals surface area (Å²) in [5, 5.41) is 5.01. The number of aryl methyl sites for hydroxylation is 3. The van der Waals surface area contributed by atoms with E-state index in [9.17, 15) is 0 Å². The van der Waals surface area contributed by atoms with E-state index in [1.807, 2.05) is 0 Å². The summed E-state index contributed by atoms with van der Waals surface area (Å²) in [4.78, 5) is 10.1. The third-order valence-electron chi connectivity index (χ3n) is 11.8. The molecule has 59 heavy (non-hydrogen) atoms. The highest BCUT2D eigenvalue weighted by molar-refractivity contribution is 6.12. The van der Waals surface area contributed by atoms with Crippen LogP contribution in [0.1, 0.15) is 16.7 Å². The first-order valence-corrected chi connectivity index (χ1v) is 20.2. The summed E-state index contributed by atoms with van der Waals surface area (Å²) in [6, 6.07) is 67.8. The van der Waals surface area contributed by atoms with Crippen molar-refractivity contribution in [2.45, 2.75) is 20.8 Å². The van der Waals surface area contributed by atoms with E-state index in [1.54, 1.807) is 0 Å². The van der Waals surface area contributed by atoms with Gasteiger partial charge in [-0.25, -0.2) is 9.97 Å². The van der Waals surface area contributed by atoms with Gasteiger partial charge in [0.15, 0.2) is 5.82 Å². The molecule has 11 rings (SSSR count). The van der Waals surface area contributed by atoms with Crippen molar-refractivity contribution in [3.63, 3.8) is 0 Å². The van der Waals surface area contributed by atoms with Gasteiger partial charge in [0, 0.05) is 49.6 Å². The Morgan fingerprint density at radius 3 is 1.37 bits per heavy atom. The lowest BCUT2D eigenvalue weighted by Gasteiger charge is -2.14. The zero-order valence-electron chi connectivity index (χ0n) is 33.2. The van der Waals surface area contributed by atoms with Gasteiger partial charge in [0.1, 0.15) is 0 Å². The minimum atomic E-state index is 0.723. The van der Waals surface area contributed by atoms with Crippen molar-refractivity contribution >= 4 is 43.6 Å². The van der Waals surface area contributed by atoms with Crippen LogP contribution in [0.25, 0.3) is 100 Å². The molecule has 0 aliphatic heterocycles. The predicted octanol–water partition coefficient (Wildman–Crippen LogP) is 14.3. The summed E-state index contributed by atoms with van der Waals surface area (Å²) in [5.41, 5.74) is 18.1. The van der Waals surface area contributed by atoms with Crippen LogP contribution in [0, 0.1) is 20.8 Å². The van der Waals surface area contributed by atoms with Crippen LogP contribution in [0.4, 0.5) is 0 Å². The predicted molar refractivity (Wildman–Crippen MR) is 247 cm³/mol. The smallest absolute Gasteiger partial charge is 0.160 e. The first-order chi connectivity index (χ1) is 29.0. The first-order valence-electron chi connectivity index (χ1n) is 20.2. The Labute approximate surface area is 343 Å². The van der Waals surface area contributed by atoms with Crippen molar-refractivity contribution in [3.05, 3.63) is 205 Å². The normalized spacial score (nSPS) is 11.6. The van der Waals surface area contributed by atoms with Crippen LogP contribution >= 0.6 is 0 Å². The minimum absolute atomic E-state index is 0.723. The van der Waals surface area contributed by atoms with Gasteiger partial charge in [-0.1, -0.05) is 145 Å². The maximum Gasteiger partial charge on any atom is 0.160 e. The second-order valence-electron chi connectivity index (χ2n) is 15.7. The monoisotopic (exact) mass is 756 g/mol. The molecule has 3 aromatic heterocycles. The largest absolute Gasteiger partial charge is 0.309 e. The zero-order valence-corrected chi connectivity index (χ0v) is 33.2. The Hall–Kier alpha value is -7.56. The highest BCUT2D eigenvalue weighted by Crippen LogP contribution is 2.38. The lowest BCUT2D eigenvalue weighted by atomic mass is 9.99. The number of rotatable bonds is 6. The molecular formula is C55H40N4. The molecule has 0 unspecified atom stereocenters. The molecule has 3 heterocycles. The van der Waals surface area contributed by atoms with Crippen molar-refractivity contribution in [3.8, 4) is 56.4 Å². The number of hydrogen-bond acceptors (Lipinski definition) is 2. The third kappa shape index (κ3) is 5.92. The molecule has 4 heteroatoms. The molecular weight excluding hydrogens is 717 g/mol. The van der Waals surface area contributed by atoms with Crippen LogP contribution in [-0.2, 0) is 0 Å². The van der Waals surface area contributed by atoms with Gasteiger partial charge < -0.3 is 9.13 Å². The Kier molecular flexibility index (Phi) is 8.12. The van der Waals surface area contributed by atoms with E-state index < -0.39 is 0 Å². The lowest BCUT2D eigenvalue weighted by molar-refractivity contribution is 1.14. The van der Waals surface area contributed by atoms with E-state index in [1.165, 1.54) is 71.6 Å². The maximum atomic E-state index is 5.08. The van der Waals surface area contributed by atoms with Gasteiger partial charge in [-0.3, -0.25) is 0 Å². The van der Waals surface area contributed by atoms with Crippen molar-refractivity contribution < 1.29 is 0 Å². The average molecular weight is 757 g/mol. The molecule has 0 amide bonds. The molecule has 4 nitrogen and oxygen atoms in total. The molecule has 0 N–H and O–H groups in total. The fraction of sp³-hybridized carbons (Fsp3) is 0.0545. The number of fused-ring (bicyclic) bond motifs is 6. The molecule has 0 spiro atoms. The van der Waals surface area contributed by atoms with Gasteiger partial charge in [-0.2, -0.15) is 0 Å². The van der Waals surface area contributed by atoms with Gasteiger partial charge >= 0.3 is 0 Å². The van der Waals surface area contributed by atoms with Crippen LogP contribution in [0.5, 0.6) is 0 Å². The lowest BCUT2D eigenvalue weighted by Crippen LogP contribution is -1.98. The van der Waals surface area contributed by atoms with E-state index >= 15 is 0 Å². The van der Waals surface area contributed by atoms with Gasteiger partial charge in [0.2, 0.25) is 0 Å². The fourth-order valence-corrected chi connectivity index (χ4v) is 8.78. The molecule has 0 aliphatic carbocycles. The Bertz CT molecular complexity index is 3270. The number of hydrogen-bond donors (Lipinski definition) is 0. The van der Waals surface area contributed by atoms with E-state index in [0.717, 1.165) is 45.2 Å². The van der Waals surface area contributed by atoms with E-state index in [0.29, 0.717) is 0 Å². The highest BCUT2D eigenvalue weighted by atomic mass is 15.0. The van der Waals surface area contributed by atoms with E-state index in [2.05, 4.69) is 218 Å². The molecule has 8 aromatic carbocycles. The number of nitrogens with zero attached hydrogens (tertiary/aromatic N) is 4. The fourth-order valence-electron chi connectivity index (χ4n) is 8.78. The molecule has 11 aromatic rings. The zero-order chi connectivity index (χ0) is 39.6. The third-order valence-corrected chi connectivity index (χ3v) is 11.8. The summed E-state index contributed by atoms with van der Waals surface area (Å²) < 4.78 is 4.83. The quantitative estimate of drug-likeness (QED) is 0.169. The van der Waals surface area contributed by atoms with Crippen LogP contribution in [0.2, 0.25) is 0 Å². The summed E-state index contributed by atoms with van der Waals surface area (Å²) in [7, 11) is 0. The SMILES string of the molecule is Cc1ccc(-c2cc(-c3ccc(-c4ccc(-n5c6ccccc6c6cc(-n7c8ccccc8c8ccccc87)ccc65)c(C)c4)cc3)nc(-c3ccc(C)cc3)n2)cc1. The molecule has 0 saturated heterocycles. The standard InChI is InChI=1S/C55H40N4/c1-35-16-20-39(21-17-35)48-34-49(57-55(56-48)41-22-18-36(2)19-23-41)40-26-24-38(25-27-40)42-28-30-50(37(3)32-42)59-53-15-9-6-12-46(53)47-33-43(29-31-54(47)59)58-51-13-7-4-10-44(51)45-11-5-8-14-52(45)58/h4-34H,1-3H3. The molecule has 0 radical (unpaired) electrons. The van der Waals surface area contributed by atoms with Crippen molar-refractivity contribution in [2.75, 3.05) is 0 Å². The van der Waals surface area contributed by atoms with Gasteiger partial charge in [0.05, 0.1) is 33.5 Å². The Morgan fingerprint density at radius 1 is 0.339 bits per heavy atom. The molecule has 0 bridgehead atoms. The molecule has 0 fully saturated rings. The van der Waals surface area contributed by atoms with E-state index in [4.69, 9.17) is 9.97 Å². The molecule has 0 saturated carbocycles. The van der Waals surface area contributed by atoms with Crippen molar-refractivity contribution in [1.29, 1.82) is 0 Å². The van der Waals surface area contributed by atoms with Gasteiger partial charge in [0.25, 0.3) is 0 Å². The van der Waals surface area contributed by atoms with Gasteiger partial charge in [-0.15, -0.1) is 0 Å². The Morgan fingerprint density at radius 2 is 0.797 bits per heavy atom. The van der Waals surface area contributed by atoms with Crippen LogP contribution in [0.3, 0.4) is 0 Å². The second kappa shape index (κ2) is 13.8. The Balaban J connectivity index is 0.965. The van der Waals surface area contributed by atoms with Crippen LogP contribution < -0.4 is 0 Å². The van der Waals surface area contributed by atoms with Gasteiger partial charge in [-0.05, 0) is 92.1 Å². The number of para-hydroxylation sites is 3. The number of benzene rings is 8. The maximum absolute atomic E-state index is 5.08. The highest BCUT2D eigenvalue weighted by Gasteiger charge is 2.18. The van der Waals surface area contributed by atoms with Crippen molar-refractivity contribution in [1.82, 2.24) is 19.1 Å². The molecule has 280 valence electrons. The van der Waals surface area contributed by atoms with E-state index in [-0.39, 0.29) is 0 Å². The second-order valence-corrected chi connectivity index (χ2v) is 15.7. The summed E-state index contributed by atoms with van der Waals surface area (Å²) in [5.74, 6) is 0.723. The first kappa shape index (κ1) is 34.7. The summed E-state index contributed by atoms with van der Waals surface area (Å²) in [6.07, 6.45) is 0. The molecule has 0 atom stereocenters.